The van der Waals surface area contributed by atoms with E-state index in [1.807, 2.05) is 23.1 Å². The van der Waals surface area contributed by atoms with Gasteiger partial charge in [-0.15, -0.1) is 0 Å². The third kappa shape index (κ3) is 3.71. The summed E-state index contributed by atoms with van der Waals surface area (Å²) in [5.74, 6) is 0.253. The number of benzene rings is 2. The zero-order valence-electron chi connectivity index (χ0n) is 15.5. The van der Waals surface area contributed by atoms with Gasteiger partial charge in [-0.1, -0.05) is 49.4 Å². The molecule has 0 spiro atoms. The molecule has 1 heterocycles. The van der Waals surface area contributed by atoms with Crippen molar-refractivity contribution in [3.05, 3.63) is 65.2 Å². The van der Waals surface area contributed by atoms with Crippen LogP contribution in [0.2, 0.25) is 0 Å². The molecular formula is C22H28N2O. The predicted octanol–water partition coefficient (Wildman–Crippen LogP) is 4.15. The van der Waals surface area contributed by atoms with Gasteiger partial charge in [-0.05, 0) is 43.0 Å². The monoisotopic (exact) mass is 336 g/mol. The minimum Gasteiger partial charge on any atom is -0.368 e. The average molecular weight is 336 g/mol. The highest BCUT2D eigenvalue weighted by atomic mass is 16.2. The Kier molecular flexibility index (Phi) is 5.42. The van der Waals surface area contributed by atoms with Gasteiger partial charge < -0.3 is 9.80 Å². The molecule has 2 aromatic carbocycles. The van der Waals surface area contributed by atoms with Gasteiger partial charge in [0.15, 0.2) is 0 Å². The van der Waals surface area contributed by atoms with Crippen molar-refractivity contribution >= 4 is 11.6 Å². The van der Waals surface area contributed by atoms with Crippen molar-refractivity contribution in [1.29, 1.82) is 0 Å². The largest absolute Gasteiger partial charge is 0.368 e. The van der Waals surface area contributed by atoms with Gasteiger partial charge in [0.25, 0.3) is 0 Å². The topological polar surface area (TPSA) is 23.6 Å². The van der Waals surface area contributed by atoms with Crippen LogP contribution in [-0.4, -0.2) is 37.0 Å². The van der Waals surface area contributed by atoms with Crippen LogP contribution in [0.1, 0.15) is 36.0 Å². The quantitative estimate of drug-likeness (QED) is 0.837. The first-order valence-corrected chi connectivity index (χ1v) is 9.26. The van der Waals surface area contributed by atoms with E-state index >= 15 is 0 Å². The van der Waals surface area contributed by atoms with E-state index in [4.69, 9.17) is 0 Å². The number of anilines is 1. The van der Waals surface area contributed by atoms with Crippen LogP contribution in [0.5, 0.6) is 0 Å². The summed E-state index contributed by atoms with van der Waals surface area (Å²) in [5, 5.41) is 0. The first-order chi connectivity index (χ1) is 12.1. The van der Waals surface area contributed by atoms with Crippen molar-refractivity contribution in [3.8, 4) is 0 Å². The summed E-state index contributed by atoms with van der Waals surface area (Å²) in [4.78, 5) is 17.5. The van der Waals surface area contributed by atoms with Crippen LogP contribution in [-0.2, 0) is 4.79 Å². The predicted molar refractivity (Wildman–Crippen MR) is 104 cm³/mol. The molecular weight excluding hydrogens is 308 g/mol. The highest BCUT2D eigenvalue weighted by Gasteiger charge is 2.27. The number of hydrogen-bond acceptors (Lipinski definition) is 2. The fourth-order valence-corrected chi connectivity index (χ4v) is 3.70. The van der Waals surface area contributed by atoms with Crippen LogP contribution in [0.3, 0.4) is 0 Å². The molecule has 1 amide bonds. The highest BCUT2D eigenvalue weighted by Crippen LogP contribution is 2.26. The number of carbonyl (C=O) groups excluding carboxylic acids is 1. The van der Waals surface area contributed by atoms with Gasteiger partial charge in [0.05, 0.1) is 5.92 Å². The molecule has 25 heavy (non-hydrogen) atoms. The van der Waals surface area contributed by atoms with E-state index in [9.17, 15) is 4.79 Å². The zero-order chi connectivity index (χ0) is 17.8. The molecule has 1 fully saturated rings. The Hall–Kier alpha value is -2.29. The average Bonchev–Trinajstić information content (AvgIpc) is 2.65. The molecule has 3 rings (SSSR count). The lowest BCUT2D eigenvalue weighted by molar-refractivity contribution is -0.133. The van der Waals surface area contributed by atoms with Crippen molar-refractivity contribution in [1.82, 2.24) is 4.90 Å². The number of nitrogens with zero attached hydrogens (tertiary/aromatic N) is 2. The number of hydrogen-bond donors (Lipinski definition) is 0. The summed E-state index contributed by atoms with van der Waals surface area (Å²) in [6, 6.07) is 16.6. The maximum absolute atomic E-state index is 13.0. The van der Waals surface area contributed by atoms with Crippen LogP contribution in [0.25, 0.3) is 0 Å². The van der Waals surface area contributed by atoms with E-state index in [1.165, 1.54) is 16.8 Å². The third-order valence-corrected chi connectivity index (χ3v) is 5.42. The number of carbonyl (C=O) groups is 1. The molecule has 0 saturated carbocycles. The Morgan fingerprint density at radius 2 is 1.64 bits per heavy atom. The lowest BCUT2D eigenvalue weighted by Crippen LogP contribution is -2.50. The molecule has 0 aliphatic carbocycles. The first-order valence-electron chi connectivity index (χ1n) is 9.26. The molecule has 0 aromatic heterocycles. The Bertz CT molecular complexity index is 718. The van der Waals surface area contributed by atoms with Crippen molar-refractivity contribution in [3.63, 3.8) is 0 Å². The number of amides is 1. The summed E-state index contributed by atoms with van der Waals surface area (Å²) in [6.07, 6.45) is 0.847. The highest BCUT2D eigenvalue weighted by molar-refractivity contribution is 5.84. The van der Waals surface area contributed by atoms with Crippen molar-refractivity contribution in [2.75, 3.05) is 31.1 Å². The summed E-state index contributed by atoms with van der Waals surface area (Å²) in [5.41, 5.74) is 5.11. The lowest BCUT2D eigenvalue weighted by Gasteiger charge is -2.38. The van der Waals surface area contributed by atoms with Gasteiger partial charge in [-0.3, -0.25) is 4.79 Å². The van der Waals surface area contributed by atoms with Crippen LogP contribution < -0.4 is 4.90 Å². The van der Waals surface area contributed by atoms with Gasteiger partial charge in [0.1, 0.15) is 0 Å². The second kappa shape index (κ2) is 7.73. The maximum atomic E-state index is 13.0. The standard InChI is InChI=1S/C22H28N2O/c1-4-20(19-10-6-5-7-11-19)22(25)24-15-13-23(14-16-24)21-12-8-9-17(2)18(21)3/h5-12,20H,4,13-16H2,1-3H3/t20-/m0/s1. The van der Waals surface area contributed by atoms with Gasteiger partial charge >= 0.3 is 0 Å². The second-order valence-electron chi connectivity index (χ2n) is 6.90. The van der Waals surface area contributed by atoms with Gasteiger partial charge in [0.2, 0.25) is 5.91 Å². The molecule has 0 N–H and O–H groups in total. The fraction of sp³-hybridized carbons (Fsp3) is 0.409. The SMILES string of the molecule is CC[C@H](C(=O)N1CCN(c2cccc(C)c2C)CC1)c1ccccc1. The van der Waals surface area contributed by atoms with Gasteiger partial charge in [-0.25, -0.2) is 0 Å². The number of piperazine rings is 1. The molecule has 0 bridgehead atoms. The minimum atomic E-state index is -0.0199. The van der Waals surface area contributed by atoms with E-state index in [2.05, 4.69) is 56.0 Å². The summed E-state index contributed by atoms with van der Waals surface area (Å²) >= 11 is 0. The molecule has 1 aliphatic heterocycles. The molecule has 2 aromatic rings. The maximum Gasteiger partial charge on any atom is 0.230 e. The Labute approximate surface area is 151 Å². The van der Waals surface area contributed by atoms with Crippen LogP contribution in [0.4, 0.5) is 5.69 Å². The molecule has 3 heteroatoms. The fourth-order valence-electron chi connectivity index (χ4n) is 3.70. The molecule has 3 nitrogen and oxygen atoms in total. The minimum absolute atomic E-state index is 0.0199. The second-order valence-corrected chi connectivity index (χ2v) is 6.90. The Morgan fingerprint density at radius 1 is 0.960 bits per heavy atom. The lowest BCUT2D eigenvalue weighted by atomic mass is 9.94. The summed E-state index contributed by atoms with van der Waals surface area (Å²) in [7, 11) is 0. The molecule has 132 valence electrons. The van der Waals surface area contributed by atoms with Gasteiger partial charge in [0, 0.05) is 31.9 Å². The van der Waals surface area contributed by atoms with Crippen LogP contribution in [0.15, 0.2) is 48.5 Å². The smallest absolute Gasteiger partial charge is 0.230 e. The summed E-state index contributed by atoms with van der Waals surface area (Å²) in [6.45, 7) is 9.85. The molecule has 1 aliphatic rings. The van der Waals surface area contributed by atoms with Crippen molar-refractivity contribution in [2.45, 2.75) is 33.1 Å². The van der Waals surface area contributed by atoms with Crippen molar-refractivity contribution < 1.29 is 4.79 Å². The zero-order valence-corrected chi connectivity index (χ0v) is 15.5. The summed E-state index contributed by atoms with van der Waals surface area (Å²) < 4.78 is 0. The Balaban J connectivity index is 1.67. The molecule has 1 saturated heterocycles. The molecule has 1 atom stereocenters. The molecule has 0 unspecified atom stereocenters. The number of rotatable bonds is 4. The van der Waals surface area contributed by atoms with E-state index in [0.29, 0.717) is 0 Å². The van der Waals surface area contributed by atoms with Crippen molar-refractivity contribution in [2.24, 2.45) is 0 Å². The van der Waals surface area contributed by atoms with E-state index in [-0.39, 0.29) is 11.8 Å². The third-order valence-electron chi connectivity index (χ3n) is 5.42. The van der Waals surface area contributed by atoms with Crippen LogP contribution >= 0.6 is 0 Å². The van der Waals surface area contributed by atoms with E-state index in [0.717, 1.165) is 38.2 Å². The van der Waals surface area contributed by atoms with Gasteiger partial charge in [-0.2, -0.15) is 0 Å². The van der Waals surface area contributed by atoms with E-state index < -0.39 is 0 Å². The Morgan fingerprint density at radius 3 is 2.28 bits per heavy atom. The first kappa shape index (κ1) is 17.5. The normalized spacial score (nSPS) is 16.0. The number of aryl methyl sites for hydroxylation is 1. The molecule has 0 radical (unpaired) electrons. The van der Waals surface area contributed by atoms with Crippen LogP contribution in [0, 0.1) is 13.8 Å². The van der Waals surface area contributed by atoms with E-state index in [1.54, 1.807) is 0 Å².